The van der Waals surface area contributed by atoms with Crippen LogP contribution in [0.3, 0.4) is 0 Å². The van der Waals surface area contributed by atoms with E-state index >= 15 is 0 Å². The molecular weight excluding hydrogens is 456 g/mol. The third-order valence-corrected chi connectivity index (χ3v) is 5.36. The fraction of sp³-hybridized carbons (Fsp3) is 0.238. The summed E-state index contributed by atoms with van der Waals surface area (Å²) in [6.45, 7) is 3.90. The fourth-order valence-electron chi connectivity index (χ4n) is 2.58. The van der Waals surface area contributed by atoms with Gasteiger partial charge in [0.15, 0.2) is 16.7 Å². The first-order valence-corrected chi connectivity index (χ1v) is 10.5. The average Bonchev–Trinajstić information content (AvgIpc) is 3.02. The number of nitrogens with one attached hydrogen (secondary N) is 1. The number of ether oxygens (including phenoxy) is 3. The molecule has 0 bridgehead atoms. The van der Waals surface area contributed by atoms with Gasteiger partial charge in [-0.05, 0) is 89.6 Å². The number of hydrogen-bond acceptors (Lipinski definition) is 6. The predicted octanol–water partition coefficient (Wildman–Crippen LogP) is 5.15. The second kappa shape index (κ2) is 9.37. The topological polar surface area (TPSA) is 69.2 Å². The molecule has 29 heavy (non-hydrogen) atoms. The number of carbonyl (C=O) groups excluding carboxylic acids is 1. The van der Waals surface area contributed by atoms with Crippen LogP contribution < -0.4 is 19.5 Å². The van der Waals surface area contributed by atoms with Gasteiger partial charge in [0.25, 0.3) is 5.91 Å². The first-order chi connectivity index (χ1) is 13.9. The molecule has 1 heterocycles. The third kappa shape index (κ3) is 5.33. The molecule has 1 N–H and O–H groups in total. The van der Waals surface area contributed by atoms with Crippen LogP contribution in [0.15, 0.2) is 50.8 Å². The highest BCUT2D eigenvalue weighted by Gasteiger charge is 2.24. The van der Waals surface area contributed by atoms with Crippen molar-refractivity contribution < 1.29 is 19.0 Å². The summed E-state index contributed by atoms with van der Waals surface area (Å²) in [6.07, 6.45) is 1.81. The second-order valence-corrected chi connectivity index (χ2v) is 8.27. The van der Waals surface area contributed by atoms with Crippen molar-refractivity contribution in [3.05, 3.63) is 51.3 Å². The van der Waals surface area contributed by atoms with Crippen molar-refractivity contribution in [3.63, 3.8) is 0 Å². The van der Waals surface area contributed by atoms with Crippen LogP contribution in [0.5, 0.6) is 17.2 Å². The fourth-order valence-corrected chi connectivity index (χ4v) is 3.97. The molecule has 8 heteroatoms. The van der Waals surface area contributed by atoms with Crippen LogP contribution in [-0.2, 0) is 4.79 Å². The molecule has 1 fully saturated rings. The van der Waals surface area contributed by atoms with Crippen molar-refractivity contribution >= 4 is 50.5 Å². The molecule has 152 valence electrons. The number of nitrogens with zero attached hydrogens (tertiary/aromatic N) is 1. The van der Waals surface area contributed by atoms with Gasteiger partial charge in [-0.1, -0.05) is 0 Å². The Morgan fingerprint density at radius 3 is 2.48 bits per heavy atom. The van der Waals surface area contributed by atoms with Crippen LogP contribution in [0.1, 0.15) is 19.4 Å². The third-order valence-electron chi connectivity index (χ3n) is 3.86. The molecule has 1 aliphatic heterocycles. The van der Waals surface area contributed by atoms with Crippen molar-refractivity contribution in [2.75, 3.05) is 14.2 Å². The van der Waals surface area contributed by atoms with E-state index < -0.39 is 0 Å². The zero-order valence-corrected chi connectivity index (χ0v) is 18.9. The van der Waals surface area contributed by atoms with Crippen LogP contribution in [0.25, 0.3) is 6.08 Å². The highest BCUT2D eigenvalue weighted by atomic mass is 79.9. The van der Waals surface area contributed by atoms with Crippen LogP contribution in [0.2, 0.25) is 0 Å². The number of thioether (sulfide) groups is 1. The van der Waals surface area contributed by atoms with E-state index in [4.69, 9.17) is 14.2 Å². The Bertz CT molecular complexity index is 971. The van der Waals surface area contributed by atoms with E-state index in [0.717, 1.165) is 21.5 Å². The summed E-state index contributed by atoms with van der Waals surface area (Å²) >= 11 is 4.81. The van der Waals surface area contributed by atoms with Gasteiger partial charge in [0, 0.05) is 0 Å². The number of rotatable bonds is 6. The van der Waals surface area contributed by atoms with Gasteiger partial charge in [-0.25, -0.2) is 4.99 Å². The van der Waals surface area contributed by atoms with E-state index in [2.05, 4.69) is 26.2 Å². The lowest BCUT2D eigenvalue weighted by Gasteiger charge is -2.16. The summed E-state index contributed by atoms with van der Waals surface area (Å²) in [5.74, 6) is 1.78. The molecule has 1 aliphatic rings. The average molecular weight is 477 g/mol. The van der Waals surface area contributed by atoms with Gasteiger partial charge in [0.05, 0.1) is 35.4 Å². The molecule has 0 atom stereocenters. The number of amidine groups is 1. The molecule has 0 aromatic heterocycles. The first-order valence-electron chi connectivity index (χ1n) is 8.87. The maximum Gasteiger partial charge on any atom is 0.264 e. The number of methoxy groups -OCH3 is 2. The summed E-state index contributed by atoms with van der Waals surface area (Å²) in [5, 5.41) is 3.31. The first kappa shape index (κ1) is 21.3. The second-order valence-electron chi connectivity index (χ2n) is 6.38. The van der Waals surface area contributed by atoms with Gasteiger partial charge < -0.3 is 19.5 Å². The molecule has 0 spiro atoms. The van der Waals surface area contributed by atoms with E-state index in [0.29, 0.717) is 21.6 Å². The highest BCUT2D eigenvalue weighted by Crippen LogP contribution is 2.39. The summed E-state index contributed by atoms with van der Waals surface area (Å²) in [7, 11) is 3.20. The van der Waals surface area contributed by atoms with Crippen LogP contribution in [0, 0.1) is 0 Å². The van der Waals surface area contributed by atoms with Gasteiger partial charge in [-0.2, -0.15) is 0 Å². The number of aliphatic imine (C=N–C) groups is 1. The Labute approximate surface area is 182 Å². The lowest BCUT2D eigenvalue weighted by molar-refractivity contribution is -0.115. The summed E-state index contributed by atoms with van der Waals surface area (Å²) < 4.78 is 17.2. The summed E-state index contributed by atoms with van der Waals surface area (Å²) in [6, 6.07) is 11.0. The largest absolute Gasteiger partial charge is 0.497 e. The monoisotopic (exact) mass is 476 g/mol. The van der Waals surface area contributed by atoms with Crippen molar-refractivity contribution in [1.29, 1.82) is 0 Å². The van der Waals surface area contributed by atoms with E-state index in [1.165, 1.54) is 11.8 Å². The zero-order chi connectivity index (χ0) is 21.0. The molecule has 0 saturated carbocycles. The number of benzene rings is 2. The van der Waals surface area contributed by atoms with Gasteiger partial charge in [0.2, 0.25) is 0 Å². The maximum absolute atomic E-state index is 12.4. The number of amides is 1. The van der Waals surface area contributed by atoms with Crippen LogP contribution in [-0.4, -0.2) is 31.4 Å². The SMILES string of the molecule is COc1ccc(N=C2NC(=O)/C(=C\c3cc(Br)c(OC(C)C)c(OC)c3)S2)cc1. The molecule has 1 saturated heterocycles. The minimum Gasteiger partial charge on any atom is -0.497 e. The Hall–Kier alpha value is -2.45. The molecule has 1 amide bonds. The molecule has 6 nitrogen and oxygen atoms in total. The Morgan fingerprint density at radius 2 is 1.86 bits per heavy atom. The molecular formula is C21H21BrN2O4S. The van der Waals surface area contributed by atoms with Crippen molar-refractivity contribution in [3.8, 4) is 17.2 Å². The summed E-state index contributed by atoms with van der Waals surface area (Å²) in [5.41, 5.74) is 1.54. The highest BCUT2D eigenvalue weighted by molar-refractivity contribution is 9.10. The molecule has 0 unspecified atom stereocenters. The van der Waals surface area contributed by atoms with Crippen molar-refractivity contribution in [1.82, 2.24) is 5.32 Å². The minimum atomic E-state index is -0.195. The molecule has 0 aliphatic carbocycles. The van der Waals surface area contributed by atoms with Crippen LogP contribution >= 0.6 is 27.7 Å². The molecule has 2 aromatic rings. The molecule has 2 aromatic carbocycles. The lowest BCUT2D eigenvalue weighted by Crippen LogP contribution is -2.19. The minimum absolute atomic E-state index is 0.0114. The van der Waals surface area contributed by atoms with E-state index in [1.807, 2.05) is 50.2 Å². The van der Waals surface area contributed by atoms with E-state index in [-0.39, 0.29) is 12.0 Å². The molecule has 3 rings (SSSR count). The Balaban J connectivity index is 1.84. The summed E-state index contributed by atoms with van der Waals surface area (Å²) in [4.78, 5) is 17.4. The Morgan fingerprint density at radius 1 is 1.14 bits per heavy atom. The quantitative estimate of drug-likeness (QED) is 0.584. The smallest absolute Gasteiger partial charge is 0.264 e. The van der Waals surface area contributed by atoms with E-state index in [9.17, 15) is 4.79 Å². The number of carbonyl (C=O) groups is 1. The predicted molar refractivity (Wildman–Crippen MR) is 120 cm³/mol. The normalized spacial score (nSPS) is 16.4. The lowest BCUT2D eigenvalue weighted by atomic mass is 10.2. The van der Waals surface area contributed by atoms with Crippen LogP contribution in [0.4, 0.5) is 5.69 Å². The Kier molecular flexibility index (Phi) is 6.87. The van der Waals surface area contributed by atoms with E-state index in [1.54, 1.807) is 20.3 Å². The molecule has 0 radical (unpaired) electrons. The number of hydrogen-bond donors (Lipinski definition) is 1. The zero-order valence-electron chi connectivity index (χ0n) is 16.5. The van der Waals surface area contributed by atoms with Crippen molar-refractivity contribution in [2.45, 2.75) is 20.0 Å². The van der Waals surface area contributed by atoms with Gasteiger partial charge >= 0.3 is 0 Å². The van der Waals surface area contributed by atoms with Gasteiger partial charge in [0.1, 0.15) is 5.75 Å². The standard InChI is InChI=1S/C21H21BrN2O4S/c1-12(2)28-19-16(22)9-13(10-17(19)27-4)11-18-20(25)24-21(29-18)23-14-5-7-15(26-3)8-6-14/h5-12H,1-4H3,(H,23,24,25)/b18-11+. The maximum atomic E-state index is 12.4. The van der Waals surface area contributed by atoms with Gasteiger partial charge in [-0.3, -0.25) is 4.79 Å². The van der Waals surface area contributed by atoms with Gasteiger partial charge in [-0.15, -0.1) is 0 Å². The van der Waals surface area contributed by atoms with Crippen molar-refractivity contribution in [2.24, 2.45) is 4.99 Å². The number of halogens is 1.